The summed E-state index contributed by atoms with van der Waals surface area (Å²) in [5, 5.41) is 9.31. The van der Waals surface area contributed by atoms with Gasteiger partial charge in [-0.2, -0.15) is 4.31 Å². The molecule has 9 heteroatoms. The molecule has 130 valence electrons. The van der Waals surface area contributed by atoms with Gasteiger partial charge >= 0.3 is 11.7 Å². The highest BCUT2D eigenvalue weighted by Crippen LogP contribution is 2.32. The highest BCUT2D eigenvalue weighted by molar-refractivity contribution is 7.89. The van der Waals surface area contributed by atoms with Crippen LogP contribution in [0.1, 0.15) is 19.8 Å². The standard InChI is InChI=1S/C15H19N3O5S/c1-9-4-6-12(14(19)20)18(9)24(22,23)10-5-7-11-13(8-10)17(3)15(21)16(11)2/h5,7-9,12H,4,6H2,1-3H3,(H,19,20)/t9-,12-/m1/s1. The van der Waals surface area contributed by atoms with Crippen molar-refractivity contribution in [2.24, 2.45) is 14.1 Å². The molecule has 1 aromatic heterocycles. The number of carbonyl (C=O) groups is 1. The lowest BCUT2D eigenvalue weighted by Crippen LogP contribution is -2.43. The largest absolute Gasteiger partial charge is 0.480 e. The number of rotatable bonds is 3. The van der Waals surface area contributed by atoms with Gasteiger partial charge in [0.05, 0.1) is 15.9 Å². The van der Waals surface area contributed by atoms with Crippen LogP contribution in [0.15, 0.2) is 27.9 Å². The Bertz CT molecular complexity index is 988. The molecular formula is C15H19N3O5S. The van der Waals surface area contributed by atoms with Gasteiger partial charge in [-0.25, -0.2) is 13.2 Å². The smallest absolute Gasteiger partial charge is 0.328 e. The Morgan fingerprint density at radius 2 is 1.79 bits per heavy atom. The van der Waals surface area contributed by atoms with Crippen LogP contribution in [-0.4, -0.2) is 45.0 Å². The number of carboxylic acids is 1. The lowest BCUT2D eigenvalue weighted by Gasteiger charge is -2.25. The van der Waals surface area contributed by atoms with Crippen molar-refractivity contribution < 1.29 is 18.3 Å². The quantitative estimate of drug-likeness (QED) is 0.866. The molecule has 1 aliphatic rings. The first kappa shape index (κ1) is 16.7. The SMILES string of the molecule is C[C@@H]1CC[C@H](C(=O)O)N1S(=O)(=O)c1ccc2c(c1)n(C)c(=O)n2C. The first-order valence-corrected chi connectivity index (χ1v) is 9.02. The maximum Gasteiger partial charge on any atom is 0.328 e. The van der Waals surface area contributed by atoms with Crippen molar-refractivity contribution >= 4 is 27.0 Å². The summed E-state index contributed by atoms with van der Waals surface area (Å²) >= 11 is 0. The summed E-state index contributed by atoms with van der Waals surface area (Å²) in [5.41, 5.74) is 0.852. The molecule has 0 aliphatic carbocycles. The van der Waals surface area contributed by atoms with Crippen LogP contribution in [0.2, 0.25) is 0 Å². The summed E-state index contributed by atoms with van der Waals surface area (Å²) in [4.78, 5) is 23.4. The number of hydrogen-bond acceptors (Lipinski definition) is 4. The number of imidazole rings is 1. The molecule has 1 N–H and O–H groups in total. The molecule has 0 radical (unpaired) electrons. The number of hydrogen-bond donors (Lipinski definition) is 1. The lowest BCUT2D eigenvalue weighted by molar-refractivity contribution is -0.140. The predicted molar refractivity (Wildman–Crippen MR) is 87.3 cm³/mol. The summed E-state index contributed by atoms with van der Waals surface area (Å²) in [6.45, 7) is 1.71. The van der Waals surface area contributed by atoms with Gasteiger partial charge in [-0.15, -0.1) is 0 Å². The summed E-state index contributed by atoms with van der Waals surface area (Å²) in [6.07, 6.45) is 0.796. The van der Waals surface area contributed by atoms with Gasteiger partial charge in [0, 0.05) is 20.1 Å². The average Bonchev–Trinajstić information content (AvgIpc) is 3.02. The van der Waals surface area contributed by atoms with E-state index < -0.39 is 22.0 Å². The van der Waals surface area contributed by atoms with E-state index in [1.54, 1.807) is 27.1 Å². The van der Waals surface area contributed by atoms with Crippen LogP contribution in [0.3, 0.4) is 0 Å². The molecule has 1 saturated heterocycles. The van der Waals surface area contributed by atoms with Crippen molar-refractivity contribution in [3.8, 4) is 0 Å². The minimum absolute atomic E-state index is 0.00352. The van der Waals surface area contributed by atoms with Crippen molar-refractivity contribution in [3.63, 3.8) is 0 Å². The van der Waals surface area contributed by atoms with Crippen molar-refractivity contribution in [1.82, 2.24) is 13.4 Å². The molecule has 0 bridgehead atoms. The highest BCUT2D eigenvalue weighted by atomic mass is 32.2. The van der Waals surface area contributed by atoms with Gasteiger partial charge in [0.1, 0.15) is 6.04 Å². The van der Waals surface area contributed by atoms with E-state index in [1.807, 2.05) is 0 Å². The second kappa shape index (κ2) is 5.45. The Labute approximate surface area is 139 Å². The second-order valence-corrected chi connectivity index (χ2v) is 8.01. The van der Waals surface area contributed by atoms with Crippen molar-refractivity contribution in [2.45, 2.75) is 36.7 Å². The molecule has 1 aliphatic heterocycles. The Balaban J connectivity index is 2.17. The molecule has 0 amide bonds. The number of sulfonamides is 1. The summed E-state index contributed by atoms with van der Waals surface area (Å²) in [5.74, 6) is -1.14. The van der Waals surface area contributed by atoms with E-state index in [0.29, 0.717) is 23.9 Å². The molecule has 1 aromatic carbocycles. The summed E-state index contributed by atoms with van der Waals surface area (Å²) in [7, 11) is -0.784. The molecule has 0 saturated carbocycles. The van der Waals surface area contributed by atoms with Gasteiger partial charge < -0.3 is 5.11 Å². The lowest BCUT2D eigenvalue weighted by atomic mass is 10.2. The highest BCUT2D eigenvalue weighted by Gasteiger charge is 2.43. The van der Waals surface area contributed by atoms with Gasteiger partial charge in [-0.1, -0.05) is 0 Å². The summed E-state index contributed by atoms with van der Waals surface area (Å²) < 4.78 is 29.8. The van der Waals surface area contributed by atoms with Crippen molar-refractivity contribution in [3.05, 3.63) is 28.7 Å². The Morgan fingerprint density at radius 1 is 1.17 bits per heavy atom. The molecule has 0 spiro atoms. The van der Waals surface area contributed by atoms with Gasteiger partial charge in [0.15, 0.2) is 0 Å². The fraction of sp³-hybridized carbons (Fsp3) is 0.467. The van der Waals surface area contributed by atoms with Crippen LogP contribution < -0.4 is 5.69 Å². The molecule has 2 heterocycles. The molecule has 2 aromatic rings. The first-order chi connectivity index (χ1) is 11.2. The Kier molecular flexibility index (Phi) is 3.80. The van der Waals surface area contributed by atoms with Gasteiger partial charge in [-0.3, -0.25) is 13.9 Å². The third-order valence-corrected chi connectivity index (χ3v) is 6.72. The zero-order valence-electron chi connectivity index (χ0n) is 13.6. The fourth-order valence-electron chi connectivity index (χ4n) is 3.37. The first-order valence-electron chi connectivity index (χ1n) is 7.58. The molecule has 3 rings (SSSR count). The number of aryl methyl sites for hydroxylation is 2. The molecule has 2 atom stereocenters. The minimum Gasteiger partial charge on any atom is -0.480 e. The van der Waals surface area contributed by atoms with Crippen LogP contribution >= 0.6 is 0 Å². The predicted octanol–water partition coefficient (Wildman–Crippen LogP) is 0.503. The third-order valence-electron chi connectivity index (χ3n) is 4.70. The van der Waals surface area contributed by atoms with E-state index in [0.717, 1.165) is 4.31 Å². The number of aliphatic carboxylic acids is 1. The Morgan fingerprint density at radius 3 is 2.42 bits per heavy atom. The van der Waals surface area contributed by atoms with E-state index in [2.05, 4.69) is 0 Å². The summed E-state index contributed by atoms with van der Waals surface area (Å²) in [6, 6.07) is 2.98. The monoisotopic (exact) mass is 353 g/mol. The Hall–Kier alpha value is -2.13. The third kappa shape index (κ3) is 2.27. The van der Waals surface area contributed by atoms with E-state index in [-0.39, 0.29) is 16.6 Å². The molecule has 1 fully saturated rings. The molecule has 0 unspecified atom stereocenters. The average molecular weight is 353 g/mol. The van der Waals surface area contributed by atoms with E-state index in [4.69, 9.17) is 0 Å². The zero-order chi connectivity index (χ0) is 17.8. The van der Waals surface area contributed by atoms with E-state index in [9.17, 15) is 23.1 Å². The van der Waals surface area contributed by atoms with Crippen LogP contribution in [0.25, 0.3) is 11.0 Å². The molecule has 24 heavy (non-hydrogen) atoms. The van der Waals surface area contributed by atoms with Gasteiger partial charge in [0.25, 0.3) is 0 Å². The van der Waals surface area contributed by atoms with Crippen LogP contribution in [0.4, 0.5) is 0 Å². The normalized spacial score (nSPS) is 22.3. The number of carboxylic acid groups (broad SMARTS) is 1. The number of benzene rings is 1. The van der Waals surface area contributed by atoms with E-state index >= 15 is 0 Å². The van der Waals surface area contributed by atoms with Crippen molar-refractivity contribution in [2.75, 3.05) is 0 Å². The second-order valence-electron chi connectivity index (χ2n) is 6.17. The fourth-order valence-corrected chi connectivity index (χ4v) is 5.22. The molecule has 8 nitrogen and oxygen atoms in total. The van der Waals surface area contributed by atoms with Crippen LogP contribution in [0, 0.1) is 0 Å². The molecular weight excluding hydrogens is 334 g/mol. The van der Waals surface area contributed by atoms with Gasteiger partial charge in [0.2, 0.25) is 10.0 Å². The van der Waals surface area contributed by atoms with Crippen molar-refractivity contribution in [1.29, 1.82) is 0 Å². The van der Waals surface area contributed by atoms with Crippen LogP contribution in [-0.2, 0) is 28.9 Å². The minimum atomic E-state index is -3.97. The zero-order valence-corrected chi connectivity index (χ0v) is 14.4. The maximum absolute atomic E-state index is 13.0. The number of nitrogens with zero attached hydrogens (tertiary/aromatic N) is 3. The topological polar surface area (TPSA) is 102 Å². The van der Waals surface area contributed by atoms with E-state index in [1.165, 1.54) is 21.3 Å². The number of fused-ring (bicyclic) bond motifs is 1. The van der Waals surface area contributed by atoms with Crippen LogP contribution in [0.5, 0.6) is 0 Å². The maximum atomic E-state index is 13.0. The van der Waals surface area contributed by atoms with Gasteiger partial charge in [-0.05, 0) is 38.0 Å². The number of aromatic nitrogens is 2.